The van der Waals surface area contributed by atoms with Gasteiger partial charge in [0.25, 0.3) is 11.8 Å². The van der Waals surface area contributed by atoms with Gasteiger partial charge in [0.1, 0.15) is 5.54 Å². The van der Waals surface area contributed by atoms with Gasteiger partial charge in [0.2, 0.25) is 0 Å². The maximum atomic E-state index is 12.8. The molecule has 2 unspecified atom stereocenters. The van der Waals surface area contributed by atoms with Crippen LogP contribution in [-0.4, -0.2) is 34.9 Å². The van der Waals surface area contributed by atoms with Crippen LogP contribution in [0.15, 0.2) is 54.6 Å². The number of nitrogens with zero attached hydrogens (tertiary/aromatic N) is 1. The summed E-state index contributed by atoms with van der Waals surface area (Å²) < 4.78 is 0. The summed E-state index contributed by atoms with van der Waals surface area (Å²) in [5.74, 6) is -0.972. The molecule has 2 aromatic carbocycles. The number of carbonyl (C=O) groups is 3. The van der Waals surface area contributed by atoms with Gasteiger partial charge in [-0.1, -0.05) is 60.1 Å². The molecule has 4 amide bonds. The molecule has 0 bridgehead atoms. The molecule has 0 saturated carbocycles. The largest absolute Gasteiger partial charge is 0.344 e. The van der Waals surface area contributed by atoms with Gasteiger partial charge in [0.05, 0.1) is 6.54 Å². The summed E-state index contributed by atoms with van der Waals surface area (Å²) >= 11 is 6.17. The first-order chi connectivity index (χ1) is 14.3. The van der Waals surface area contributed by atoms with E-state index in [1.165, 1.54) is 0 Å². The standard InChI is InChI=1S/C22H25ClN4O3/c1-15(17-10-6-7-11-18(17)23)24-14-19(28)26-27-20(29)22(2,25-21(27)30)13-12-16-8-4-3-5-9-16/h3-11,15,24H,12-14H2,1-2H3,(H,25,30)(H,26,28). The number of rotatable bonds is 8. The van der Waals surface area contributed by atoms with Crippen LogP contribution >= 0.6 is 11.6 Å². The molecule has 1 fully saturated rings. The van der Waals surface area contributed by atoms with Crippen LogP contribution in [0.25, 0.3) is 0 Å². The zero-order valence-corrected chi connectivity index (χ0v) is 17.7. The monoisotopic (exact) mass is 428 g/mol. The topological polar surface area (TPSA) is 90.5 Å². The van der Waals surface area contributed by atoms with Crippen LogP contribution in [0.1, 0.15) is 37.4 Å². The number of hydrazine groups is 1. The fraction of sp³-hybridized carbons (Fsp3) is 0.318. The van der Waals surface area contributed by atoms with Gasteiger partial charge in [0.15, 0.2) is 0 Å². The zero-order chi connectivity index (χ0) is 21.7. The van der Waals surface area contributed by atoms with Crippen molar-refractivity contribution in [3.05, 3.63) is 70.7 Å². The van der Waals surface area contributed by atoms with Crippen molar-refractivity contribution in [1.29, 1.82) is 0 Å². The van der Waals surface area contributed by atoms with Crippen LogP contribution in [0.3, 0.4) is 0 Å². The SMILES string of the molecule is CC(NCC(=O)NN1C(=O)NC(C)(CCc2ccccc2)C1=O)c1ccccc1Cl. The Hall–Kier alpha value is -2.90. The summed E-state index contributed by atoms with van der Waals surface area (Å²) in [5.41, 5.74) is 3.25. The number of amides is 4. The molecule has 0 aliphatic carbocycles. The molecule has 1 aliphatic heterocycles. The summed E-state index contributed by atoms with van der Waals surface area (Å²) in [6.45, 7) is 3.47. The van der Waals surface area contributed by atoms with Gasteiger partial charge in [-0.05, 0) is 43.9 Å². The smallest absolute Gasteiger partial charge is 0.322 e. The van der Waals surface area contributed by atoms with E-state index in [2.05, 4.69) is 16.1 Å². The van der Waals surface area contributed by atoms with Crippen molar-refractivity contribution in [2.75, 3.05) is 6.54 Å². The van der Waals surface area contributed by atoms with Crippen molar-refractivity contribution in [3.8, 4) is 0 Å². The third-order valence-electron chi connectivity index (χ3n) is 5.19. The molecule has 2 aromatic rings. The summed E-state index contributed by atoms with van der Waals surface area (Å²) in [6, 6.07) is 16.2. The minimum atomic E-state index is -1.07. The van der Waals surface area contributed by atoms with Crippen molar-refractivity contribution in [2.24, 2.45) is 0 Å². The Morgan fingerprint density at radius 1 is 1.13 bits per heavy atom. The molecule has 0 spiro atoms. The van der Waals surface area contributed by atoms with Crippen molar-refractivity contribution in [3.63, 3.8) is 0 Å². The van der Waals surface area contributed by atoms with Crippen LogP contribution in [0.4, 0.5) is 4.79 Å². The van der Waals surface area contributed by atoms with E-state index in [1.807, 2.05) is 55.5 Å². The van der Waals surface area contributed by atoms with Gasteiger partial charge in [-0.2, -0.15) is 5.01 Å². The van der Waals surface area contributed by atoms with Gasteiger partial charge in [-0.25, -0.2) is 4.79 Å². The maximum absolute atomic E-state index is 12.8. The van der Waals surface area contributed by atoms with Crippen molar-refractivity contribution in [2.45, 2.75) is 38.3 Å². The average Bonchev–Trinajstić information content (AvgIpc) is 2.95. The highest BCUT2D eigenvalue weighted by atomic mass is 35.5. The molecule has 158 valence electrons. The van der Waals surface area contributed by atoms with Crippen molar-refractivity contribution < 1.29 is 14.4 Å². The Labute approximate surface area is 180 Å². The highest BCUT2D eigenvalue weighted by Gasteiger charge is 2.48. The Bertz CT molecular complexity index is 937. The van der Waals surface area contributed by atoms with Gasteiger partial charge >= 0.3 is 6.03 Å². The maximum Gasteiger partial charge on any atom is 0.344 e. The number of aryl methyl sites for hydroxylation is 1. The number of halogens is 1. The second-order valence-corrected chi connectivity index (χ2v) is 7.95. The summed E-state index contributed by atoms with van der Waals surface area (Å²) in [6.07, 6.45) is 1.05. The normalized spacial score (nSPS) is 19.5. The van der Waals surface area contributed by atoms with Gasteiger partial charge < -0.3 is 10.6 Å². The van der Waals surface area contributed by atoms with E-state index in [0.717, 1.165) is 16.1 Å². The van der Waals surface area contributed by atoms with E-state index in [-0.39, 0.29) is 12.6 Å². The first-order valence-electron chi connectivity index (χ1n) is 9.78. The zero-order valence-electron chi connectivity index (χ0n) is 16.9. The molecule has 3 rings (SSSR count). The Morgan fingerprint density at radius 3 is 2.50 bits per heavy atom. The minimum absolute atomic E-state index is 0.0792. The van der Waals surface area contributed by atoms with E-state index >= 15 is 0 Å². The lowest BCUT2D eigenvalue weighted by atomic mass is 9.93. The second-order valence-electron chi connectivity index (χ2n) is 7.55. The summed E-state index contributed by atoms with van der Waals surface area (Å²) in [5, 5.41) is 7.09. The molecule has 0 aromatic heterocycles. The fourth-order valence-corrected chi connectivity index (χ4v) is 3.64. The lowest BCUT2D eigenvalue weighted by Crippen LogP contribution is -2.51. The highest BCUT2D eigenvalue weighted by Crippen LogP contribution is 2.23. The number of benzene rings is 2. The Morgan fingerprint density at radius 2 is 1.80 bits per heavy atom. The lowest BCUT2D eigenvalue weighted by Gasteiger charge is -2.22. The average molecular weight is 429 g/mol. The number of nitrogens with one attached hydrogen (secondary N) is 3. The number of imide groups is 1. The number of hydrogen-bond donors (Lipinski definition) is 3. The molecule has 3 N–H and O–H groups in total. The van der Waals surface area contributed by atoms with E-state index in [0.29, 0.717) is 17.9 Å². The molecular weight excluding hydrogens is 404 g/mol. The van der Waals surface area contributed by atoms with Crippen LogP contribution in [0.5, 0.6) is 0 Å². The van der Waals surface area contributed by atoms with Crippen molar-refractivity contribution in [1.82, 2.24) is 21.1 Å². The van der Waals surface area contributed by atoms with Crippen LogP contribution < -0.4 is 16.1 Å². The number of hydrogen-bond acceptors (Lipinski definition) is 4. The minimum Gasteiger partial charge on any atom is -0.322 e. The van der Waals surface area contributed by atoms with Crippen LogP contribution in [0, 0.1) is 0 Å². The quantitative estimate of drug-likeness (QED) is 0.564. The number of urea groups is 1. The predicted molar refractivity (Wildman–Crippen MR) is 115 cm³/mol. The first kappa shape index (κ1) is 21.8. The van der Waals surface area contributed by atoms with Crippen LogP contribution in [-0.2, 0) is 16.0 Å². The predicted octanol–water partition coefficient (Wildman–Crippen LogP) is 2.97. The summed E-state index contributed by atoms with van der Waals surface area (Å²) in [7, 11) is 0. The summed E-state index contributed by atoms with van der Waals surface area (Å²) in [4.78, 5) is 37.4. The third kappa shape index (κ3) is 4.98. The van der Waals surface area contributed by atoms with E-state index in [4.69, 9.17) is 11.6 Å². The van der Waals surface area contributed by atoms with Gasteiger partial charge in [-0.3, -0.25) is 15.0 Å². The molecule has 2 atom stereocenters. The molecule has 0 radical (unpaired) electrons. The highest BCUT2D eigenvalue weighted by molar-refractivity contribution is 6.31. The molecule has 7 nitrogen and oxygen atoms in total. The molecule has 30 heavy (non-hydrogen) atoms. The lowest BCUT2D eigenvalue weighted by molar-refractivity contribution is -0.138. The number of carbonyl (C=O) groups excluding carboxylic acids is 3. The molecule has 1 heterocycles. The van der Waals surface area contributed by atoms with E-state index in [1.54, 1.807) is 13.0 Å². The van der Waals surface area contributed by atoms with Crippen molar-refractivity contribution >= 4 is 29.4 Å². The molecule has 8 heteroatoms. The molecule has 1 saturated heterocycles. The fourth-order valence-electron chi connectivity index (χ4n) is 3.34. The van der Waals surface area contributed by atoms with E-state index < -0.39 is 23.4 Å². The Kier molecular flexibility index (Phi) is 6.74. The molecule has 1 aliphatic rings. The van der Waals surface area contributed by atoms with Crippen LogP contribution in [0.2, 0.25) is 5.02 Å². The van der Waals surface area contributed by atoms with E-state index in [9.17, 15) is 14.4 Å². The van der Waals surface area contributed by atoms with Gasteiger partial charge in [0, 0.05) is 11.1 Å². The third-order valence-corrected chi connectivity index (χ3v) is 5.54. The Balaban J connectivity index is 1.54. The van der Waals surface area contributed by atoms with Gasteiger partial charge in [-0.15, -0.1) is 0 Å². The second kappa shape index (κ2) is 9.28. The molecular formula is C22H25ClN4O3. The first-order valence-corrected chi connectivity index (χ1v) is 10.2.